The number of imidazole rings is 1. The van der Waals surface area contributed by atoms with Gasteiger partial charge in [0, 0.05) is 12.4 Å². The SMILES string of the molecule is Cc1cnc2nc(-c3ncccc3N)[nH]c2c1. The van der Waals surface area contributed by atoms with Gasteiger partial charge in [-0.3, -0.25) is 4.98 Å². The molecule has 5 nitrogen and oxygen atoms in total. The molecule has 0 bridgehead atoms. The van der Waals surface area contributed by atoms with E-state index in [1.807, 2.05) is 13.0 Å². The maximum absolute atomic E-state index is 5.86. The predicted octanol–water partition coefficient (Wildman–Crippen LogP) is 1.91. The Morgan fingerprint density at radius 3 is 3.00 bits per heavy atom. The molecule has 3 aromatic heterocycles. The molecule has 5 heteroatoms. The van der Waals surface area contributed by atoms with Crippen molar-refractivity contribution in [3.05, 3.63) is 36.2 Å². The standard InChI is InChI=1S/C12H11N5/c1-7-5-9-11(15-6-7)17-12(16-9)10-8(13)3-2-4-14-10/h2-6H,13H2,1H3,(H,15,16,17). The van der Waals surface area contributed by atoms with E-state index in [4.69, 9.17) is 5.73 Å². The van der Waals surface area contributed by atoms with E-state index < -0.39 is 0 Å². The summed E-state index contributed by atoms with van der Waals surface area (Å²) in [5.41, 5.74) is 9.77. The molecule has 3 N–H and O–H groups in total. The maximum Gasteiger partial charge on any atom is 0.178 e. The Hall–Kier alpha value is -2.43. The van der Waals surface area contributed by atoms with E-state index in [1.165, 1.54) is 0 Å². The second kappa shape index (κ2) is 3.55. The number of anilines is 1. The molecule has 84 valence electrons. The number of aryl methyl sites for hydroxylation is 1. The number of rotatable bonds is 1. The summed E-state index contributed by atoms with van der Waals surface area (Å²) < 4.78 is 0. The number of hydrogen-bond acceptors (Lipinski definition) is 4. The first-order valence-electron chi connectivity index (χ1n) is 5.27. The largest absolute Gasteiger partial charge is 0.397 e. The average molecular weight is 225 g/mol. The smallest absolute Gasteiger partial charge is 0.178 e. The summed E-state index contributed by atoms with van der Waals surface area (Å²) in [6, 6.07) is 5.59. The van der Waals surface area contributed by atoms with Crippen molar-refractivity contribution in [1.82, 2.24) is 19.9 Å². The van der Waals surface area contributed by atoms with E-state index in [-0.39, 0.29) is 0 Å². The fourth-order valence-electron chi connectivity index (χ4n) is 1.73. The third-order valence-electron chi connectivity index (χ3n) is 2.54. The number of aromatic nitrogens is 4. The van der Waals surface area contributed by atoms with Crippen molar-refractivity contribution in [2.75, 3.05) is 5.73 Å². The third kappa shape index (κ3) is 1.61. The molecule has 0 aliphatic heterocycles. The number of nitrogen functional groups attached to an aromatic ring is 1. The summed E-state index contributed by atoms with van der Waals surface area (Å²) in [7, 11) is 0. The van der Waals surface area contributed by atoms with Crippen molar-refractivity contribution in [3.8, 4) is 11.5 Å². The van der Waals surface area contributed by atoms with Crippen LogP contribution in [-0.4, -0.2) is 19.9 Å². The number of aromatic amines is 1. The average Bonchev–Trinajstić information content (AvgIpc) is 2.72. The molecule has 3 heterocycles. The van der Waals surface area contributed by atoms with E-state index in [2.05, 4.69) is 19.9 Å². The van der Waals surface area contributed by atoms with Crippen molar-refractivity contribution < 1.29 is 0 Å². The third-order valence-corrected chi connectivity index (χ3v) is 2.54. The van der Waals surface area contributed by atoms with E-state index in [0.717, 1.165) is 11.1 Å². The fourth-order valence-corrected chi connectivity index (χ4v) is 1.73. The Morgan fingerprint density at radius 2 is 2.18 bits per heavy atom. The van der Waals surface area contributed by atoms with Crippen molar-refractivity contribution in [2.45, 2.75) is 6.92 Å². The van der Waals surface area contributed by atoms with Crippen molar-refractivity contribution >= 4 is 16.9 Å². The van der Waals surface area contributed by atoms with Gasteiger partial charge in [0.15, 0.2) is 11.5 Å². The van der Waals surface area contributed by atoms with Gasteiger partial charge >= 0.3 is 0 Å². The Bertz CT molecular complexity index is 686. The zero-order valence-electron chi connectivity index (χ0n) is 9.31. The normalized spacial score (nSPS) is 10.9. The topological polar surface area (TPSA) is 80.5 Å². The molecule has 3 aromatic rings. The van der Waals surface area contributed by atoms with Gasteiger partial charge < -0.3 is 10.7 Å². The number of H-pyrrole nitrogens is 1. The van der Waals surface area contributed by atoms with Crippen molar-refractivity contribution in [3.63, 3.8) is 0 Å². The van der Waals surface area contributed by atoms with Crippen LogP contribution >= 0.6 is 0 Å². The van der Waals surface area contributed by atoms with Crippen LogP contribution in [0.5, 0.6) is 0 Å². The first kappa shape index (κ1) is 9.77. The summed E-state index contributed by atoms with van der Waals surface area (Å²) in [6.07, 6.45) is 3.48. The van der Waals surface area contributed by atoms with Gasteiger partial charge in [-0.05, 0) is 30.7 Å². The van der Waals surface area contributed by atoms with Gasteiger partial charge in [-0.1, -0.05) is 0 Å². The van der Waals surface area contributed by atoms with Gasteiger partial charge in [0.25, 0.3) is 0 Å². The second-order valence-electron chi connectivity index (χ2n) is 3.91. The number of fused-ring (bicyclic) bond motifs is 1. The van der Waals surface area contributed by atoms with Crippen LogP contribution < -0.4 is 5.73 Å². The van der Waals surface area contributed by atoms with Gasteiger partial charge in [0.2, 0.25) is 0 Å². The molecule has 0 aromatic carbocycles. The number of nitrogens with two attached hydrogens (primary N) is 1. The van der Waals surface area contributed by atoms with E-state index in [0.29, 0.717) is 22.9 Å². The first-order valence-corrected chi connectivity index (χ1v) is 5.27. The summed E-state index contributed by atoms with van der Waals surface area (Å²) >= 11 is 0. The Balaban J connectivity index is 2.22. The molecule has 0 saturated heterocycles. The summed E-state index contributed by atoms with van der Waals surface area (Å²) in [5, 5.41) is 0. The molecule has 0 unspecified atom stereocenters. The van der Waals surface area contributed by atoms with Gasteiger partial charge in [-0.25, -0.2) is 9.97 Å². The molecule has 17 heavy (non-hydrogen) atoms. The second-order valence-corrected chi connectivity index (χ2v) is 3.91. The number of pyridine rings is 2. The molecule has 0 aliphatic rings. The summed E-state index contributed by atoms with van der Waals surface area (Å²) in [6.45, 7) is 1.99. The highest BCUT2D eigenvalue weighted by atomic mass is 15.0. The molecule has 0 saturated carbocycles. The van der Waals surface area contributed by atoms with E-state index in [9.17, 15) is 0 Å². The van der Waals surface area contributed by atoms with Crippen LogP contribution in [0.25, 0.3) is 22.7 Å². The molecule has 0 atom stereocenters. The van der Waals surface area contributed by atoms with Crippen LogP contribution in [0, 0.1) is 6.92 Å². The van der Waals surface area contributed by atoms with Crippen molar-refractivity contribution in [1.29, 1.82) is 0 Å². The van der Waals surface area contributed by atoms with Crippen LogP contribution in [-0.2, 0) is 0 Å². The van der Waals surface area contributed by atoms with Crippen LogP contribution in [0.2, 0.25) is 0 Å². The Morgan fingerprint density at radius 1 is 1.29 bits per heavy atom. The van der Waals surface area contributed by atoms with Gasteiger partial charge in [0.1, 0.15) is 5.69 Å². The zero-order valence-corrected chi connectivity index (χ0v) is 9.31. The Kier molecular flexibility index (Phi) is 2.04. The van der Waals surface area contributed by atoms with Crippen LogP contribution in [0.15, 0.2) is 30.6 Å². The molecule has 3 rings (SSSR count). The van der Waals surface area contributed by atoms with Gasteiger partial charge in [-0.15, -0.1) is 0 Å². The number of nitrogens with zero attached hydrogens (tertiary/aromatic N) is 3. The minimum Gasteiger partial charge on any atom is -0.397 e. The maximum atomic E-state index is 5.86. The lowest BCUT2D eigenvalue weighted by molar-refractivity contribution is 1.23. The summed E-state index contributed by atoms with van der Waals surface area (Å²) in [4.78, 5) is 16.0. The highest BCUT2D eigenvalue weighted by Gasteiger charge is 2.09. The summed E-state index contributed by atoms with van der Waals surface area (Å²) in [5.74, 6) is 0.649. The minimum absolute atomic E-state index is 0.600. The quantitative estimate of drug-likeness (QED) is 0.663. The molecule has 0 fully saturated rings. The van der Waals surface area contributed by atoms with Crippen LogP contribution in [0.4, 0.5) is 5.69 Å². The lowest BCUT2D eigenvalue weighted by atomic mass is 10.3. The van der Waals surface area contributed by atoms with E-state index >= 15 is 0 Å². The van der Waals surface area contributed by atoms with Gasteiger partial charge in [-0.2, -0.15) is 0 Å². The monoisotopic (exact) mass is 225 g/mol. The van der Waals surface area contributed by atoms with Crippen LogP contribution in [0.3, 0.4) is 0 Å². The molecular weight excluding hydrogens is 214 g/mol. The van der Waals surface area contributed by atoms with Crippen molar-refractivity contribution in [2.24, 2.45) is 0 Å². The highest BCUT2D eigenvalue weighted by Crippen LogP contribution is 2.22. The molecule has 0 amide bonds. The lowest BCUT2D eigenvalue weighted by Crippen LogP contribution is -1.93. The zero-order chi connectivity index (χ0) is 11.8. The van der Waals surface area contributed by atoms with Crippen LogP contribution in [0.1, 0.15) is 5.56 Å². The van der Waals surface area contributed by atoms with Gasteiger partial charge in [0.05, 0.1) is 11.2 Å². The molecule has 0 radical (unpaired) electrons. The molecular formula is C12H11N5. The molecule has 0 spiro atoms. The lowest BCUT2D eigenvalue weighted by Gasteiger charge is -1.98. The first-order chi connectivity index (χ1) is 8.24. The molecule has 0 aliphatic carbocycles. The minimum atomic E-state index is 0.600. The van der Waals surface area contributed by atoms with E-state index in [1.54, 1.807) is 24.5 Å². The number of hydrogen-bond donors (Lipinski definition) is 2. The number of nitrogens with one attached hydrogen (secondary N) is 1. The predicted molar refractivity (Wildman–Crippen MR) is 66.3 cm³/mol. The fraction of sp³-hybridized carbons (Fsp3) is 0.0833. The highest BCUT2D eigenvalue weighted by molar-refractivity contribution is 5.78. The Labute approximate surface area is 97.7 Å².